The van der Waals surface area contributed by atoms with Crippen molar-refractivity contribution in [3.63, 3.8) is 0 Å². The lowest BCUT2D eigenvalue weighted by molar-refractivity contribution is -0.885. The molecule has 0 aliphatic carbocycles. The summed E-state index contributed by atoms with van der Waals surface area (Å²) in [5.41, 5.74) is 3.60. The fraction of sp³-hybridized carbons (Fsp3) is 0.278. The summed E-state index contributed by atoms with van der Waals surface area (Å²) in [4.78, 5) is 13.1. The average Bonchev–Trinajstić information content (AvgIpc) is 2.45. The van der Waals surface area contributed by atoms with E-state index in [9.17, 15) is 9.18 Å². The molecule has 2 aromatic rings. The first kappa shape index (κ1) is 16.2. The number of carbonyl (C=O) groups is 1. The van der Waals surface area contributed by atoms with E-state index in [4.69, 9.17) is 0 Å². The molecule has 22 heavy (non-hydrogen) atoms. The van der Waals surface area contributed by atoms with E-state index in [2.05, 4.69) is 5.32 Å². The Kier molecular flexibility index (Phi) is 5.28. The van der Waals surface area contributed by atoms with E-state index in [1.807, 2.05) is 45.2 Å². The van der Waals surface area contributed by atoms with Gasteiger partial charge in [0.2, 0.25) is 0 Å². The Balaban J connectivity index is 1.94. The molecule has 0 radical (unpaired) electrons. The maximum Gasteiger partial charge on any atom is 0.279 e. The summed E-state index contributed by atoms with van der Waals surface area (Å²) in [5.74, 6) is -0.292. The van der Waals surface area contributed by atoms with Crippen molar-refractivity contribution >= 4 is 11.6 Å². The van der Waals surface area contributed by atoms with Crippen LogP contribution in [0.4, 0.5) is 10.1 Å². The number of rotatable bonds is 5. The Morgan fingerprint density at radius 1 is 1.18 bits per heavy atom. The fourth-order valence-electron chi connectivity index (χ4n) is 2.37. The van der Waals surface area contributed by atoms with Crippen LogP contribution in [-0.2, 0) is 11.3 Å². The molecule has 0 saturated carbocycles. The van der Waals surface area contributed by atoms with Crippen LogP contribution in [-0.4, -0.2) is 19.5 Å². The number of halogens is 1. The van der Waals surface area contributed by atoms with Crippen LogP contribution < -0.4 is 10.2 Å². The smallest absolute Gasteiger partial charge is 0.279 e. The molecule has 0 aliphatic heterocycles. The van der Waals surface area contributed by atoms with Crippen LogP contribution in [0, 0.1) is 19.7 Å². The summed E-state index contributed by atoms with van der Waals surface area (Å²) in [6.45, 7) is 4.73. The normalized spacial score (nSPS) is 12.0. The molecule has 0 fully saturated rings. The minimum atomic E-state index is -0.225. The number of benzene rings is 2. The maximum absolute atomic E-state index is 13.6. The second kappa shape index (κ2) is 7.18. The Hall–Kier alpha value is -2.20. The van der Waals surface area contributed by atoms with Crippen molar-refractivity contribution in [3.05, 3.63) is 65.0 Å². The second-order valence-electron chi connectivity index (χ2n) is 5.77. The molecule has 0 spiro atoms. The first-order chi connectivity index (χ1) is 10.5. The van der Waals surface area contributed by atoms with Crippen molar-refractivity contribution in [1.29, 1.82) is 0 Å². The van der Waals surface area contributed by atoms with Gasteiger partial charge in [0.25, 0.3) is 5.91 Å². The standard InChI is InChI=1S/C18H21FN2O/c1-13-8-9-14(2)17(10-13)20-18(22)12-21(3)11-15-6-4-5-7-16(15)19/h4-10H,11-12H2,1-3H3,(H,20,22)/p+1. The number of aryl methyl sites for hydroxylation is 2. The third kappa shape index (κ3) is 4.40. The van der Waals surface area contributed by atoms with Crippen LogP contribution in [0.3, 0.4) is 0 Å². The first-order valence-electron chi connectivity index (χ1n) is 7.37. The van der Waals surface area contributed by atoms with Gasteiger partial charge in [-0.1, -0.05) is 30.3 Å². The molecule has 1 atom stereocenters. The summed E-state index contributed by atoms with van der Waals surface area (Å²) in [6.07, 6.45) is 0. The number of quaternary nitrogens is 1. The van der Waals surface area contributed by atoms with Gasteiger partial charge in [0.15, 0.2) is 6.54 Å². The fourth-order valence-corrected chi connectivity index (χ4v) is 2.37. The molecule has 4 heteroatoms. The quantitative estimate of drug-likeness (QED) is 0.871. The first-order valence-corrected chi connectivity index (χ1v) is 7.37. The van der Waals surface area contributed by atoms with E-state index in [-0.39, 0.29) is 11.7 Å². The van der Waals surface area contributed by atoms with Crippen molar-refractivity contribution in [3.8, 4) is 0 Å². The number of likely N-dealkylation sites (N-methyl/N-ethyl adjacent to an activating group) is 1. The van der Waals surface area contributed by atoms with Crippen LogP contribution in [0.5, 0.6) is 0 Å². The lowest BCUT2D eigenvalue weighted by atomic mass is 10.1. The van der Waals surface area contributed by atoms with Gasteiger partial charge in [0, 0.05) is 11.3 Å². The molecule has 2 N–H and O–H groups in total. The number of nitrogens with one attached hydrogen (secondary N) is 2. The Morgan fingerprint density at radius 2 is 1.91 bits per heavy atom. The zero-order valence-corrected chi connectivity index (χ0v) is 13.2. The highest BCUT2D eigenvalue weighted by Crippen LogP contribution is 2.15. The largest absolute Gasteiger partial charge is 0.326 e. The summed E-state index contributed by atoms with van der Waals surface area (Å²) >= 11 is 0. The number of amides is 1. The second-order valence-corrected chi connectivity index (χ2v) is 5.77. The molecule has 2 rings (SSSR count). The van der Waals surface area contributed by atoms with Gasteiger partial charge >= 0.3 is 0 Å². The van der Waals surface area contributed by atoms with Crippen molar-refractivity contribution in [2.45, 2.75) is 20.4 Å². The van der Waals surface area contributed by atoms with E-state index in [0.29, 0.717) is 18.7 Å². The number of carbonyl (C=O) groups excluding carboxylic acids is 1. The van der Waals surface area contributed by atoms with Crippen LogP contribution in [0.2, 0.25) is 0 Å². The topological polar surface area (TPSA) is 33.5 Å². The number of hydrogen-bond acceptors (Lipinski definition) is 1. The Morgan fingerprint density at radius 3 is 2.64 bits per heavy atom. The lowest BCUT2D eigenvalue weighted by Crippen LogP contribution is -3.08. The lowest BCUT2D eigenvalue weighted by Gasteiger charge is -2.15. The predicted molar refractivity (Wildman–Crippen MR) is 86.4 cm³/mol. The summed E-state index contributed by atoms with van der Waals surface area (Å²) in [6, 6.07) is 12.6. The minimum Gasteiger partial charge on any atom is -0.326 e. The van der Waals surface area contributed by atoms with Crippen molar-refractivity contribution in [2.75, 3.05) is 18.9 Å². The zero-order chi connectivity index (χ0) is 16.1. The van der Waals surface area contributed by atoms with Crippen LogP contribution in [0.15, 0.2) is 42.5 Å². The molecular formula is C18H22FN2O+. The summed E-state index contributed by atoms with van der Waals surface area (Å²) in [5, 5.41) is 2.93. The van der Waals surface area contributed by atoms with E-state index in [1.165, 1.54) is 6.07 Å². The third-order valence-corrected chi connectivity index (χ3v) is 3.58. The van der Waals surface area contributed by atoms with E-state index < -0.39 is 0 Å². The highest BCUT2D eigenvalue weighted by molar-refractivity contribution is 5.92. The van der Waals surface area contributed by atoms with Crippen LogP contribution in [0.25, 0.3) is 0 Å². The van der Waals surface area contributed by atoms with Gasteiger partial charge in [-0.05, 0) is 37.1 Å². The Labute approximate surface area is 130 Å². The van der Waals surface area contributed by atoms with E-state index in [1.54, 1.807) is 12.1 Å². The maximum atomic E-state index is 13.6. The molecule has 1 unspecified atom stereocenters. The molecule has 0 saturated heterocycles. The number of hydrogen-bond donors (Lipinski definition) is 2. The molecule has 0 bridgehead atoms. The van der Waals surface area contributed by atoms with Gasteiger partial charge in [-0.25, -0.2) is 4.39 Å². The van der Waals surface area contributed by atoms with Crippen LogP contribution in [0.1, 0.15) is 16.7 Å². The molecule has 0 aromatic heterocycles. The monoisotopic (exact) mass is 301 g/mol. The van der Waals surface area contributed by atoms with Gasteiger partial charge in [-0.2, -0.15) is 0 Å². The van der Waals surface area contributed by atoms with Gasteiger partial charge in [0.05, 0.1) is 7.05 Å². The molecule has 0 heterocycles. The van der Waals surface area contributed by atoms with Gasteiger partial charge in [0.1, 0.15) is 12.4 Å². The molecule has 2 aromatic carbocycles. The highest BCUT2D eigenvalue weighted by atomic mass is 19.1. The number of anilines is 1. The van der Waals surface area contributed by atoms with E-state index >= 15 is 0 Å². The SMILES string of the molecule is Cc1ccc(C)c(NC(=O)C[NH+](C)Cc2ccccc2F)c1. The van der Waals surface area contributed by atoms with Gasteiger partial charge in [-0.3, -0.25) is 4.79 Å². The Bertz CT molecular complexity index is 670. The van der Waals surface area contributed by atoms with Gasteiger partial charge in [-0.15, -0.1) is 0 Å². The van der Waals surface area contributed by atoms with Crippen LogP contribution >= 0.6 is 0 Å². The molecule has 3 nitrogen and oxygen atoms in total. The summed E-state index contributed by atoms with van der Waals surface area (Å²) < 4.78 is 13.6. The van der Waals surface area contributed by atoms with Crippen molar-refractivity contribution < 1.29 is 14.1 Å². The zero-order valence-electron chi connectivity index (χ0n) is 13.2. The average molecular weight is 301 g/mol. The van der Waals surface area contributed by atoms with Gasteiger partial charge < -0.3 is 10.2 Å². The van der Waals surface area contributed by atoms with E-state index in [0.717, 1.165) is 21.7 Å². The van der Waals surface area contributed by atoms with Crippen molar-refractivity contribution in [2.24, 2.45) is 0 Å². The van der Waals surface area contributed by atoms with Crippen molar-refractivity contribution in [1.82, 2.24) is 0 Å². The predicted octanol–water partition coefficient (Wildman–Crippen LogP) is 2.10. The molecule has 1 amide bonds. The molecule has 116 valence electrons. The minimum absolute atomic E-state index is 0.0671. The highest BCUT2D eigenvalue weighted by Gasteiger charge is 2.13. The summed E-state index contributed by atoms with van der Waals surface area (Å²) in [7, 11) is 1.88. The third-order valence-electron chi connectivity index (χ3n) is 3.58. The molecular weight excluding hydrogens is 279 g/mol. The molecule has 0 aliphatic rings.